The number of anilines is 1. The molecule has 0 bridgehead atoms. The number of benzene rings is 2. The molecule has 1 amide bonds. The molecule has 0 heterocycles. The molecule has 0 radical (unpaired) electrons. The van der Waals surface area contributed by atoms with Crippen molar-refractivity contribution in [3.8, 4) is 11.1 Å². The number of amides is 1. The molecular formula is C17H13ClF3NO. The van der Waals surface area contributed by atoms with Gasteiger partial charge in [-0.15, -0.1) is 0 Å². The lowest BCUT2D eigenvalue weighted by Gasteiger charge is -2.11. The standard InChI is InChI=1S/C17H13ClF3NO/c18-15-8-5-12(17(19,20)21)9-14(15)10-3-6-13(7-4-10)22-16(23)11-1-2-11/h3-9,11H,1-2H2,(H,22,23). The fourth-order valence-corrected chi connectivity index (χ4v) is 2.47. The third-order valence-electron chi connectivity index (χ3n) is 3.71. The van der Waals surface area contributed by atoms with Crippen LogP contribution in [-0.2, 0) is 11.0 Å². The third-order valence-corrected chi connectivity index (χ3v) is 4.03. The van der Waals surface area contributed by atoms with Crippen LogP contribution in [0.4, 0.5) is 18.9 Å². The number of halogens is 4. The van der Waals surface area contributed by atoms with Crippen LogP contribution in [0, 0.1) is 5.92 Å². The van der Waals surface area contributed by atoms with Crippen LogP contribution < -0.4 is 5.32 Å². The van der Waals surface area contributed by atoms with Crippen molar-refractivity contribution >= 4 is 23.2 Å². The molecule has 3 rings (SSSR count). The smallest absolute Gasteiger partial charge is 0.326 e. The van der Waals surface area contributed by atoms with E-state index in [1.54, 1.807) is 24.3 Å². The highest BCUT2D eigenvalue weighted by Gasteiger charge is 2.31. The Morgan fingerprint density at radius 3 is 2.30 bits per heavy atom. The molecule has 1 fully saturated rings. The van der Waals surface area contributed by atoms with Gasteiger partial charge >= 0.3 is 6.18 Å². The van der Waals surface area contributed by atoms with Crippen LogP contribution in [0.5, 0.6) is 0 Å². The maximum Gasteiger partial charge on any atom is 0.416 e. The first-order chi connectivity index (χ1) is 10.8. The van der Waals surface area contributed by atoms with Gasteiger partial charge in [0, 0.05) is 22.2 Å². The summed E-state index contributed by atoms with van der Waals surface area (Å²) in [5, 5.41) is 3.02. The van der Waals surface area contributed by atoms with Crippen molar-refractivity contribution < 1.29 is 18.0 Å². The Kier molecular flexibility index (Phi) is 4.06. The lowest BCUT2D eigenvalue weighted by atomic mass is 10.0. The summed E-state index contributed by atoms with van der Waals surface area (Å²) in [6.45, 7) is 0. The molecule has 0 aliphatic heterocycles. The highest BCUT2D eigenvalue weighted by molar-refractivity contribution is 6.33. The van der Waals surface area contributed by atoms with Gasteiger partial charge in [-0.05, 0) is 48.7 Å². The van der Waals surface area contributed by atoms with Gasteiger partial charge < -0.3 is 5.32 Å². The molecule has 2 nitrogen and oxygen atoms in total. The summed E-state index contributed by atoms with van der Waals surface area (Å²) in [4.78, 5) is 11.7. The van der Waals surface area contributed by atoms with Crippen molar-refractivity contribution in [1.29, 1.82) is 0 Å². The molecule has 2 aromatic carbocycles. The van der Waals surface area contributed by atoms with E-state index in [9.17, 15) is 18.0 Å². The molecular weight excluding hydrogens is 327 g/mol. The third kappa shape index (κ3) is 3.67. The zero-order chi connectivity index (χ0) is 16.6. The van der Waals surface area contributed by atoms with Crippen molar-refractivity contribution in [2.24, 2.45) is 5.92 Å². The van der Waals surface area contributed by atoms with Crippen molar-refractivity contribution in [3.05, 3.63) is 53.1 Å². The first kappa shape index (κ1) is 15.9. The first-order valence-electron chi connectivity index (χ1n) is 7.12. The van der Waals surface area contributed by atoms with E-state index in [0.29, 0.717) is 16.8 Å². The SMILES string of the molecule is O=C(Nc1ccc(-c2cc(C(F)(F)F)ccc2Cl)cc1)C1CC1. The Bertz CT molecular complexity index is 736. The van der Waals surface area contributed by atoms with Crippen LogP contribution in [0.25, 0.3) is 11.1 Å². The summed E-state index contributed by atoms with van der Waals surface area (Å²) in [6.07, 6.45) is -2.61. The molecule has 120 valence electrons. The second kappa shape index (κ2) is 5.89. The summed E-state index contributed by atoms with van der Waals surface area (Å²) < 4.78 is 38.4. The van der Waals surface area contributed by atoms with Crippen LogP contribution in [0.15, 0.2) is 42.5 Å². The Labute approximate surface area is 136 Å². The van der Waals surface area contributed by atoms with Crippen molar-refractivity contribution in [1.82, 2.24) is 0 Å². The Morgan fingerprint density at radius 1 is 1.09 bits per heavy atom. The highest BCUT2D eigenvalue weighted by atomic mass is 35.5. The van der Waals surface area contributed by atoms with Crippen LogP contribution in [0.3, 0.4) is 0 Å². The minimum Gasteiger partial charge on any atom is -0.326 e. The van der Waals surface area contributed by atoms with Crippen LogP contribution in [-0.4, -0.2) is 5.91 Å². The largest absolute Gasteiger partial charge is 0.416 e. The average molecular weight is 340 g/mol. The van der Waals surface area contributed by atoms with E-state index in [-0.39, 0.29) is 16.8 Å². The van der Waals surface area contributed by atoms with Crippen LogP contribution in [0.2, 0.25) is 5.02 Å². The Morgan fingerprint density at radius 2 is 1.74 bits per heavy atom. The lowest BCUT2D eigenvalue weighted by molar-refractivity contribution is -0.137. The molecule has 0 atom stereocenters. The van der Waals surface area contributed by atoms with Crippen molar-refractivity contribution in [2.45, 2.75) is 19.0 Å². The summed E-state index contributed by atoms with van der Waals surface area (Å²) in [6, 6.07) is 9.82. The second-order valence-corrected chi connectivity index (χ2v) is 5.94. The zero-order valence-corrected chi connectivity index (χ0v) is 12.7. The molecule has 1 aliphatic carbocycles. The first-order valence-corrected chi connectivity index (χ1v) is 7.50. The molecule has 6 heteroatoms. The van der Waals surface area contributed by atoms with E-state index < -0.39 is 11.7 Å². The number of alkyl halides is 3. The molecule has 0 saturated heterocycles. The summed E-state index contributed by atoms with van der Waals surface area (Å²) >= 11 is 6.02. The van der Waals surface area contributed by atoms with E-state index in [2.05, 4.69) is 5.32 Å². The van der Waals surface area contributed by atoms with Gasteiger partial charge in [-0.1, -0.05) is 23.7 Å². The minimum absolute atomic E-state index is 0.0187. The summed E-state index contributed by atoms with van der Waals surface area (Å²) in [7, 11) is 0. The van der Waals surface area contributed by atoms with Gasteiger partial charge in [0.1, 0.15) is 0 Å². The molecule has 1 saturated carbocycles. The van der Waals surface area contributed by atoms with Gasteiger partial charge in [0.05, 0.1) is 5.56 Å². The Hall–Kier alpha value is -2.01. The fraction of sp³-hybridized carbons (Fsp3) is 0.235. The second-order valence-electron chi connectivity index (χ2n) is 5.53. The minimum atomic E-state index is -4.42. The molecule has 23 heavy (non-hydrogen) atoms. The number of nitrogens with one attached hydrogen (secondary N) is 1. The quantitative estimate of drug-likeness (QED) is 0.799. The normalized spacial score (nSPS) is 14.6. The molecule has 0 spiro atoms. The molecule has 0 unspecified atom stereocenters. The average Bonchev–Trinajstić information content (AvgIpc) is 3.32. The number of rotatable bonds is 3. The molecule has 2 aromatic rings. The summed E-state index contributed by atoms with van der Waals surface area (Å²) in [5.74, 6) is 0.0717. The molecule has 0 aromatic heterocycles. The number of hydrogen-bond donors (Lipinski definition) is 1. The van der Waals surface area contributed by atoms with Gasteiger partial charge in [-0.25, -0.2) is 0 Å². The highest BCUT2D eigenvalue weighted by Crippen LogP contribution is 2.36. The number of carbonyl (C=O) groups excluding carboxylic acids is 1. The van der Waals surface area contributed by atoms with Gasteiger partial charge in [-0.2, -0.15) is 13.2 Å². The number of carbonyl (C=O) groups is 1. The van der Waals surface area contributed by atoms with Gasteiger partial charge in [0.25, 0.3) is 0 Å². The van der Waals surface area contributed by atoms with Gasteiger partial charge in [0.15, 0.2) is 0 Å². The van der Waals surface area contributed by atoms with E-state index in [0.717, 1.165) is 25.0 Å². The summed E-state index contributed by atoms with van der Waals surface area (Å²) in [5.41, 5.74) is 0.740. The maximum absolute atomic E-state index is 12.8. The van der Waals surface area contributed by atoms with E-state index >= 15 is 0 Å². The maximum atomic E-state index is 12.8. The van der Waals surface area contributed by atoms with E-state index in [1.807, 2.05) is 0 Å². The topological polar surface area (TPSA) is 29.1 Å². The monoisotopic (exact) mass is 339 g/mol. The lowest BCUT2D eigenvalue weighted by Crippen LogP contribution is -2.12. The van der Waals surface area contributed by atoms with Gasteiger partial charge in [-0.3, -0.25) is 4.79 Å². The zero-order valence-electron chi connectivity index (χ0n) is 12.0. The van der Waals surface area contributed by atoms with Crippen molar-refractivity contribution in [2.75, 3.05) is 5.32 Å². The van der Waals surface area contributed by atoms with E-state index in [4.69, 9.17) is 11.6 Å². The van der Waals surface area contributed by atoms with Gasteiger partial charge in [0.2, 0.25) is 5.91 Å². The Balaban J connectivity index is 1.85. The van der Waals surface area contributed by atoms with Crippen molar-refractivity contribution in [3.63, 3.8) is 0 Å². The fourth-order valence-electron chi connectivity index (χ4n) is 2.25. The molecule has 1 aliphatic rings. The predicted molar refractivity (Wildman–Crippen MR) is 83.2 cm³/mol. The predicted octanol–water partition coefficient (Wildman–Crippen LogP) is 5.37. The van der Waals surface area contributed by atoms with E-state index in [1.165, 1.54) is 6.07 Å². The van der Waals surface area contributed by atoms with Crippen LogP contribution >= 0.6 is 11.6 Å². The molecule has 1 N–H and O–H groups in total. The number of hydrogen-bond acceptors (Lipinski definition) is 1. The van der Waals surface area contributed by atoms with Crippen LogP contribution in [0.1, 0.15) is 18.4 Å².